The lowest BCUT2D eigenvalue weighted by Gasteiger charge is -2.32. The number of nitrogens with zero attached hydrogens (tertiary/aromatic N) is 2. The fourth-order valence-electron chi connectivity index (χ4n) is 4.91. The summed E-state index contributed by atoms with van der Waals surface area (Å²) in [6, 6.07) is 12.9. The van der Waals surface area contributed by atoms with Gasteiger partial charge in [-0.3, -0.25) is 0 Å². The van der Waals surface area contributed by atoms with Crippen molar-refractivity contribution < 1.29 is 4.79 Å². The van der Waals surface area contributed by atoms with Gasteiger partial charge in [-0.1, -0.05) is 29.8 Å². The largest absolute Gasteiger partial charge is 0.336 e. The number of rotatable bonds is 2. The van der Waals surface area contributed by atoms with E-state index in [1.807, 2.05) is 30.1 Å². The number of nitrogens with one attached hydrogen (secondary N) is 1. The number of urea groups is 1. The van der Waals surface area contributed by atoms with Gasteiger partial charge in [-0.05, 0) is 69.7 Å². The second kappa shape index (κ2) is 7.62. The minimum Gasteiger partial charge on any atom is -0.336 e. The second-order valence-corrected chi connectivity index (χ2v) is 9.93. The van der Waals surface area contributed by atoms with Crippen molar-refractivity contribution in [1.29, 1.82) is 0 Å². The molecule has 0 radical (unpaired) electrons. The topological polar surface area (TPSA) is 37.3 Å². The summed E-state index contributed by atoms with van der Waals surface area (Å²) in [7, 11) is 0. The second-order valence-electron chi connectivity index (χ2n) is 8.85. The maximum absolute atomic E-state index is 13.5. The van der Waals surface area contributed by atoms with Gasteiger partial charge in [-0.15, -0.1) is 11.3 Å². The van der Waals surface area contributed by atoms with Crippen molar-refractivity contribution in [3.8, 4) is 5.00 Å². The number of amides is 2. The Morgan fingerprint density at radius 2 is 1.97 bits per heavy atom. The average molecular weight is 420 g/mol. The first-order chi connectivity index (χ1) is 14.5. The van der Waals surface area contributed by atoms with Gasteiger partial charge in [0.15, 0.2) is 0 Å². The number of carbonyl (C=O) groups is 1. The Balaban J connectivity index is 1.71. The third-order valence-corrected chi connectivity index (χ3v) is 7.54. The van der Waals surface area contributed by atoms with Gasteiger partial charge in [-0.25, -0.2) is 4.79 Å². The third kappa shape index (κ3) is 3.25. The molecule has 3 aromatic rings. The molecule has 2 aromatic heterocycles. The Bertz CT molecular complexity index is 1090. The van der Waals surface area contributed by atoms with E-state index in [-0.39, 0.29) is 18.1 Å². The van der Waals surface area contributed by atoms with E-state index < -0.39 is 0 Å². The summed E-state index contributed by atoms with van der Waals surface area (Å²) in [5.74, 6) is 0. The number of carbonyl (C=O) groups excluding carboxylic acids is 1. The molecular formula is C25H29N3OS. The number of thiophene rings is 1. The first-order valence-electron chi connectivity index (χ1n) is 11.0. The quantitative estimate of drug-likeness (QED) is 0.564. The number of fused-ring (bicyclic) bond motifs is 5. The molecule has 4 nitrogen and oxygen atoms in total. The molecule has 5 heteroatoms. The summed E-state index contributed by atoms with van der Waals surface area (Å²) in [5.41, 5.74) is 6.38. The molecule has 1 atom stereocenters. The van der Waals surface area contributed by atoms with Crippen LogP contribution in [0.15, 0.2) is 42.6 Å². The molecular weight excluding hydrogens is 390 g/mol. The lowest BCUT2D eigenvalue weighted by molar-refractivity contribution is 0.178. The molecule has 1 N–H and O–H groups in total. The van der Waals surface area contributed by atoms with Gasteiger partial charge in [-0.2, -0.15) is 0 Å². The van der Waals surface area contributed by atoms with Gasteiger partial charge in [0.2, 0.25) is 0 Å². The Hall–Kier alpha value is -2.53. The number of aryl methyl sites for hydroxylation is 2. The molecule has 0 fully saturated rings. The molecule has 1 aromatic carbocycles. The SMILES string of the molecule is Cc1cccc(C2c3cccn3-c3sc4c(c3CN2C(=O)NC(C)C)CCCC4)c1. The van der Waals surface area contributed by atoms with E-state index in [0.29, 0.717) is 6.54 Å². The van der Waals surface area contributed by atoms with Crippen LogP contribution in [0.2, 0.25) is 0 Å². The number of hydrogen-bond donors (Lipinski definition) is 1. The lowest BCUT2D eigenvalue weighted by Crippen LogP contribution is -2.44. The molecule has 5 rings (SSSR count). The molecule has 2 amide bonds. The minimum absolute atomic E-state index is 0.00728. The molecule has 2 aliphatic rings. The van der Waals surface area contributed by atoms with Crippen LogP contribution in [-0.2, 0) is 19.4 Å². The van der Waals surface area contributed by atoms with Gasteiger partial charge in [0.1, 0.15) is 5.00 Å². The number of hydrogen-bond acceptors (Lipinski definition) is 2. The highest BCUT2D eigenvalue weighted by molar-refractivity contribution is 7.15. The average Bonchev–Trinajstić information content (AvgIpc) is 3.29. The highest BCUT2D eigenvalue weighted by Crippen LogP contribution is 2.44. The molecule has 0 spiro atoms. The highest BCUT2D eigenvalue weighted by Gasteiger charge is 2.36. The predicted molar refractivity (Wildman–Crippen MR) is 123 cm³/mol. The van der Waals surface area contributed by atoms with Crippen LogP contribution in [0, 0.1) is 6.92 Å². The summed E-state index contributed by atoms with van der Waals surface area (Å²) < 4.78 is 2.34. The van der Waals surface area contributed by atoms with Crippen LogP contribution >= 0.6 is 11.3 Å². The maximum atomic E-state index is 13.5. The number of aromatic nitrogens is 1. The fourth-order valence-corrected chi connectivity index (χ4v) is 6.31. The van der Waals surface area contributed by atoms with E-state index in [0.717, 1.165) is 17.7 Å². The molecule has 156 valence electrons. The zero-order valence-electron chi connectivity index (χ0n) is 17.9. The molecule has 1 aliphatic carbocycles. The van der Waals surface area contributed by atoms with Crippen molar-refractivity contribution in [2.24, 2.45) is 0 Å². The Morgan fingerprint density at radius 1 is 1.13 bits per heavy atom. The van der Waals surface area contributed by atoms with E-state index in [1.54, 1.807) is 0 Å². The summed E-state index contributed by atoms with van der Waals surface area (Å²) in [5, 5.41) is 4.47. The Kier molecular flexibility index (Phi) is 4.94. The summed E-state index contributed by atoms with van der Waals surface area (Å²) in [6.07, 6.45) is 6.99. The predicted octanol–water partition coefficient (Wildman–Crippen LogP) is 5.75. The number of benzene rings is 1. The summed E-state index contributed by atoms with van der Waals surface area (Å²) in [6.45, 7) is 6.82. The first-order valence-corrected chi connectivity index (χ1v) is 11.8. The van der Waals surface area contributed by atoms with Gasteiger partial charge in [0.05, 0.1) is 18.3 Å². The Labute approximate surface area is 182 Å². The van der Waals surface area contributed by atoms with Crippen LogP contribution in [0.4, 0.5) is 4.79 Å². The minimum atomic E-state index is -0.113. The zero-order chi connectivity index (χ0) is 20.8. The van der Waals surface area contributed by atoms with Gasteiger partial charge < -0.3 is 14.8 Å². The highest BCUT2D eigenvalue weighted by atomic mass is 32.1. The standard InChI is InChI=1S/C25H29N3OS/c1-16(2)26-25(29)28-15-20-19-10-4-5-12-22(19)30-24(20)27-13-7-11-21(27)23(28)18-9-6-8-17(3)14-18/h6-9,11,13-14,16,23H,4-5,10,12,15H2,1-3H3,(H,26,29). The van der Waals surface area contributed by atoms with Crippen LogP contribution in [0.1, 0.15) is 65.6 Å². The monoisotopic (exact) mass is 419 g/mol. The van der Waals surface area contributed by atoms with Crippen molar-refractivity contribution in [3.05, 3.63) is 75.4 Å². The molecule has 0 saturated carbocycles. The van der Waals surface area contributed by atoms with Crippen LogP contribution in [0.25, 0.3) is 5.00 Å². The van der Waals surface area contributed by atoms with Gasteiger partial charge in [0, 0.05) is 22.7 Å². The van der Waals surface area contributed by atoms with E-state index in [9.17, 15) is 4.79 Å². The van der Waals surface area contributed by atoms with E-state index in [4.69, 9.17) is 0 Å². The van der Waals surface area contributed by atoms with Crippen molar-refractivity contribution in [2.75, 3.05) is 0 Å². The smallest absolute Gasteiger partial charge is 0.318 e. The van der Waals surface area contributed by atoms with Gasteiger partial charge in [0.25, 0.3) is 0 Å². The molecule has 1 unspecified atom stereocenters. The van der Waals surface area contributed by atoms with Crippen LogP contribution < -0.4 is 5.32 Å². The molecule has 0 saturated heterocycles. The van der Waals surface area contributed by atoms with Crippen LogP contribution in [0.3, 0.4) is 0 Å². The summed E-state index contributed by atoms with van der Waals surface area (Å²) in [4.78, 5) is 17.0. The molecule has 3 heterocycles. The normalized spacial score (nSPS) is 17.9. The van der Waals surface area contributed by atoms with Crippen molar-refractivity contribution in [2.45, 2.75) is 65.1 Å². The first kappa shape index (κ1) is 19.4. The van der Waals surface area contributed by atoms with E-state index in [2.05, 4.69) is 59.4 Å². The lowest BCUT2D eigenvalue weighted by atomic mass is 9.95. The van der Waals surface area contributed by atoms with E-state index in [1.165, 1.54) is 45.8 Å². The van der Waals surface area contributed by atoms with Crippen LogP contribution in [-0.4, -0.2) is 21.5 Å². The van der Waals surface area contributed by atoms with Crippen molar-refractivity contribution >= 4 is 17.4 Å². The third-order valence-electron chi connectivity index (χ3n) is 6.21. The summed E-state index contributed by atoms with van der Waals surface area (Å²) >= 11 is 1.93. The van der Waals surface area contributed by atoms with E-state index >= 15 is 0 Å². The zero-order valence-corrected chi connectivity index (χ0v) is 18.8. The molecule has 30 heavy (non-hydrogen) atoms. The Morgan fingerprint density at radius 3 is 2.77 bits per heavy atom. The van der Waals surface area contributed by atoms with Crippen LogP contribution in [0.5, 0.6) is 0 Å². The van der Waals surface area contributed by atoms with Crippen molar-refractivity contribution in [1.82, 2.24) is 14.8 Å². The van der Waals surface area contributed by atoms with Crippen molar-refractivity contribution in [3.63, 3.8) is 0 Å². The van der Waals surface area contributed by atoms with Gasteiger partial charge >= 0.3 is 6.03 Å². The maximum Gasteiger partial charge on any atom is 0.318 e. The molecule has 1 aliphatic heterocycles. The fraction of sp³-hybridized carbons (Fsp3) is 0.400. The molecule has 0 bridgehead atoms.